The smallest absolute Gasteiger partial charge is 0.410 e. The molecule has 1 unspecified atom stereocenters. The number of nitrogens with zero attached hydrogens (tertiary/aromatic N) is 3. The van der Waals surface area contributed by atoms with Crippen molar-refractivity contribution in [3.8, 4) is 6.07 Å². The summed E-state index contributed by atoms with van der Waals surface area (Å²) >= 11 is 1.32. The normalized spacial score (nSPS) is 12.3. The van der Waals surface area contributed by atoms with Gasteiger partial charge in [0.05, 0.1) is 12.8 Å². The zero-order chi connectivity index (χ0) is 21.0. The van der Waals surface area contributed by atoms with E-state index in [9.17, 15) is 4.79 Å². The van der Waals surface area contributed by atoms with Crippen molar-refractivity contribution in [1.29, 1.82) is 5.26 Å². The Kier molecular flexibility index (Phi) is 10.8. The van der Waals surface area contributed by atoms with Crippen molar-refractivity contribution < 1.29 is 19.0 Å². The van der Waals surface area contributed by atoms with E-state index in [4.69, 9.17) is 19.5 Å². The minimum absolute atomic E-state index is 0.305. The molecule has 1 aromatic heterocycles. The van der Waals surface area contributed by atoms with E-state index < -0.39 is 5.60 Å². The first-order chi connectivity index (χ1) is 13.3. The largest absolute Gasteiger partial charge is 0.444 e. The van der Waals surface area contributed by atoms with E-state index in [1.54, 1.807) is 11.1 Å². The van der Waals surface area contributed by atoms with E-state index >= 15 is 0 Å². The Hall–Kier alpha value is -1.89. The van der Waals surface area contributed by atoms with Gasteiger partial charge in [-0.25, -0.2) is 9.78 Å². The summed E-state index contributed by atoms with van der Waals surface area (Å²) < 4.78 is 16.8. The van der Waals surface area contributed by atoms with Gasteiger partial charge in [0.2, 0.25) is 0 Å². The van der Waals surface area contributed by atoms with Crippen molar-refractivity contribution >= 4 is 22.6 Å². The summed E-state index contributed by atoms with van der Waals surface area (Å²) in [5.41, 5.74) is -0.501. The molecule has 0 aromatic carbocycles. The van der Waals surface area contributed by atoms with E-state index in [-0.39, 0.29) is 12.4 Å². The monoisotopic (exact) mass is 412 g/mol. The van der Waals surface area contributed by atoms with Gasteiger partial charge in [-0.05, 0) is 41.0 Å². The van der Waals surface area contributed by atoms with Crippen molar-refractivity contribution in [2.24, 2.45) is 0 Å². The van der Waals surface area contributed by atoms with E-state index in [1.807, 2.05) is 34.6 Å². The lowest BCUT2D eigenvalue weighted by molar-refractivity contribution is -0.141. The second-order valence-electron chi connectivity index (χ2n) is 7.03. The number of carbonyl (C=O) groups is 1. The van der Waals surface area contributed by atoms with Gasteiger partial charge in [-0.3, -0.25) is 0 Å². The van der Waals surface area contributed by atoms with Crippen LogP contribution in [0.4, 0.5) is 9.93 Å². The average molecular weight is 413 g/mol. The summed E-state index contributed by atoms with van der Waals surface area (Å²) in [6.45, 7) is 12.2. The summed E-state index contributed by atoms with van der Waals surface area (Å²) in [5, 5.41) is 12.7. The molecule has 1 heterocycles. The van der Waals surface area contributed by atoms with Gasteiger partial charge in [-0.1, -0.05) is 11.3 Å². The highest BCUT2D eigenvalue weighted by Gasteiger charge is 2.20. The fourth-order valence-electron chi connectivity index (χ4n) is 2.28. The van der Waals surface area contributed by atoms with Gasteiger partial charge in [-0.2, -0.15) is 5.26 Å². The third kappa shape index (κ3) is 9.88. The second kappa shape index (κ2) is 12.5. The second-order valence-corrected chi connectivity index (χ2v) is 8.06. The summed E-state index contributed by atoms with van der Waals surface area (Å²) in [6.07, 6.45) is 2.26. The highest BCUT2D eigenvalue weighted by Crippen LogP contribution is 2.17. The van der Waals surface area contributed by atoms with Crippen LogP contribution in [0.2, 0.25) is 0 Å². The molecule has 1 N–H and O–H groups in total. The van der Waals surface area contributed by atoms with Gasteiger partial charge in [0.25, 0.3) is 0 Å². The third-order valence-corrected chi connectivity index (χ3v) is 4.39. The van der Waals surface area contributed by atoms with Gasteiger partial charge in [0, 0.05) is 32.7 Å². The molecular formula is C19H32N4O4S. The first-order valence-electron chi connectivity index (χ1n) is 9.60. The number of nitriles is 1. The Balaban J connectivity index is 2.31. The van der Waals surface area contributed by atoms with Crippen LogP contribution in [0.1, 0.15) is 52.3 Å². The molecule has 28 heavy (non-hydrogen) atoms. The van der Waals surface area contributed by atoms with Gasteiger partial charge in [0.1, 0.15) is 16.5 Å². The summed E-state index contributed by atoms with van der Waals surface area (Å²) in [6, 6.07) is 2.07. The Morgan fingerprint density at radius 1 is 1.39 bits per heavy atom. The summed E-state index contributed by atoms with van der Waals surface area (Å²) in [5.74, 6) is 0. The number of hydrogen-bond donors (Lipinski definition) is 1. The number of ether oxygens (including phenoxy) is 3. The van der Waals surface area contributed by atoms with Gasteiger partial charge < -0.3 is 24.4 Å². The molecule has 0 bridgehead atoms. The van der Waals surface area contributed by atoms with E-state index in [1.165, 1.54) is 11.3 Å². The molecule has 1 rings (SSSR count). The fourth-order valence-corrected chi connectivity index (χ4v) is 2.92. The maximum Gasteiger partial charge on any atom is 0.410 e. The fraction of sp³-hybridized carbons (Fsp3) is 0.737. The highest BCUT2D eigenvalue weighted by atomic mass is 32.1. The Morgan fingerprint density at radius 3 is 2.71 bits per heavy atom. The minimum Gasteiger partial charge on any atom is -0.444 e. The van der Waals surface area contributed by atoms with Crippen molar-refractivity contribution in [2.45, 2.75) is 59.4 Å². The molecule has 0 spiro atoms. The number of amides is 1. The van der Waals surface area contributed by atoms with Gasteiger partial charge >= 0.3 is 6.09 Å². The van der Waals surface area contributed by atoms with Crippen LogP contribution < -0.4 is 5.32 Å². The van der Waals surface area contributed by atoms with Crippen LogP contribution in [-0.2, 0) is 14.2 Å². The number of thiazole rings is 1. The molecule has 158 valence electrons. The van der Waals surface area contributed by atoms with Crippen LogP contribution in [-0.4, -0.2) is 60.7 Å². The quantitative estimate of drug-likeness (QED) is 0.411. The molecule has 0 fully saturated rings. The zero-order valence-corrected chi connectivity index (χ0v) is 18.3. The lowest BCUT2D eigenvalue weighted by atomic mass is 10.2. The van der Waals surface area contributed by atoms with Crippen LogP contribution in [0.15, 0.2) is 6.20 Å². The van der Waals surface area contributed by atoms with Crippen molar-refractivity contribution in [3.63, 3.8) is 0 Å². The molecule has 0 aliphatic carbocycles. The number of nitrogens with one attached hydrogen (secondary N) is 1. The zero-order valence-electron chi connectivity index (χ0n) is 17.5. The number of hydrogen-bond acceptors (Lipinski definition) is 8. The lowest BCUT2D eigenvalue weighted by Crippen LogP contribution is -2.37. The SMILES string of the molecule is CCOC(CCNc1ncc(C#N)s1)OCCCN(CC)C(=O)OC(C)(C)C. The molecule has 0 aliphatic rings. The maximum absolute atomic E-state index is 12.1. The van der Waals surface area contributed by atoms with Crippen LogP contribution in [0.3, 0.4) is 0 Å². The Bertz CT molecular complexity index is 624. The van der Waals surface area contributed by atoms with Crippen molar-refractivity contribution in [1.82, 2.24) is 9.88 Å². The first kappa shape index (κ1) is 24.1. The van der Waals surface area contributed by atoms with Gasteiger partial charge in [0.15, 0.2) is 11.4 Å². The molecule has 0 aliphatic heterocycles. The van der Waals surface area contributed by atoms with Crippen LogP contribution >= 0.6 is 11.3 Å². The molecule has 0 radical (unpaired) electrons. The molecular weight excluding hydrogens is 380 g/mol. The molecule has 1 atom stereocenters. The topological polar surface area (TPSA) is 96.7 Å². The molecule has 1 aromatic rings. The molecule has 0 saturated carbocycles. The lowest BCUT2D eigenvalue weighted by Gasteiger charge is -2.26. The van der Waals surface area contributed by atoms with Crippen molar-refractivity contribution in [3.05, 3.63) is 11.1 Å². The highest BCUT2D eigenvalue weighted by molar-refractivity contribution is 7.16. The third-order valence-electron chi connectivity index (χ3n) is 3.53. The average Bonchev–Trinajstić information content (AvgIpc) is 3.08. The molecule has 8 nitrogen and oxygen atoms in total. The Labute approximate surface area is 171 Å². The summed E-state index contributed by atoms with van der Waals surface area (Å²) in [7, 11) is 0. The predicted octanol–water partition coefficient (Wildman–Crippen LogP) is 3.84. The van der Waals surface area contributed by atoms with E-state index in [0.29, 0.717) is 55.7 Å². The Morgan fingerprint density at radius 2 is 2.14 bits per heavy atom. The minimum atomic E-state index is -0.501. The number of rotatable bonds is 12. The van der Waals surface area contributed by atoms with Crippen LogP contribution in [0.25, 0.3) is 0 Å². The summed E-state index contributed by atoms with van der Waals surface area (Å²) in [4.78, 5) is 18.5. The van der Waals surface area contributed by atoms with E-state index in [2.05, 4.69) is 16.4 Å². The first-order valence-corrected chi connectivity index (χ1v) is 10.4. The molecule has 9 heteroatoms. The number of anilines is 1. The molecule has 1 amide bonds. The van der Waals surface area contributed by atoms with Crippen LogP contribution in [0, 0.1) is 11.3 Å². The van der Waals surface area contributed by atoms with E-state index in [0.717, 1.165) is 0 Å². The molecule has 0 saturated heterocycles. The maximum atomic E-state index is 12.1. The predicted molar refractivity (Wildman–Crippen MR) is 109 cm³/mol. The van der Waals surface area contributed by atoms with Crippen molar-refractivity contribution in [2.75, 3.05) is 38.2 Å². The van der Waals surface area contributed by atoms with Gasteiger partial charge in [-0.15, -0.1) is 0 Å². The number of carbonyl (C=O) groups excluding carboxylic acids is 1. The standard InChI is InChI=1S/C19H32N4O4S/c1-6-23(18(24)27-19(3,4)5)11-8-12-26-16(25-7-2)9-10-21-17-22-14-15(13-20)28-17/h14,16H,6-12H2,1-5H3,(H,21,22). The van der Waals surface area contributed by atoms with Crippen LogP contribution in [0.5, 0.6) is 0 Å². The number of aromatic nitrogens is 1.